The maximum absolute atomic E-state index is 11.9. The Hall–Kier alpha value is -1.57. The summed E-state index contributed by atoms with van der Waals surface area (Å²) >= 11 is 0. The summed E-state index contributed by atoms with van der Waals surface area (Å²) < 4.78 is 0. The van der Waals surface area contributed by atoms with Crippen LogP contribution in [0.15, 0.2) is 36.4 Å². The average molecular weight is 215 g/mol. The molecule has 1 amide bonds. The van der Waals surface area contributed by atoms with Crippen LogP contribution in [0, 0.1) is 0 Å². The third-order valence-electron chi connectivity index (χ3n) is 2.99. The van der Waals surface area contributed by atoms with Gasteiger partial charge >= 0.3 is 0 Å². The van der Waals surface area contributed by atoms with Crippen molar-refractivity contribution < 1.29 is 4.79 Å². The van der Waals surface area contributed by atoms with Crippen molar-refractivity contribution in [2.45, 2.75) is 19.8 Å². The van der Waals surface area contributed by atoms with Crippen molar-refractivity contribution in [3.63, 3.8) is 0 Å². The van der Waals surface area contributed by atoms with E-state index in [1.807, 2.05) is 42.2 Å². The zero-order chi connectivity index (χ0) is 11.4. The minimum atomic E-state index is 0.152. The van der Waals surface area contributed by atoms with Gasteiger partial charge in [-0.2, -0.15) is 0 Å². The third-order valence-corrected chi connectivity index (χ3v) is 2.99. The van der Waals surface area contributed by atoms with Crippen LogP contribution in [0.4, 0.5) is 0 Å². The maximum atomic E-state index is 11.9. The highest BCUT2D eigenvalue weighted by molar-refractivity contribution is 5.94. The highest BCUT2D eigenvalue weighted by Gasteiger charge is 2.15. The number of hydrogen-bond acceptors (Lipinski definition) is 1. The summed E-state index contributed by atoms with van der Waals surface area (Å²) in [6.07, 6.45) is 4.04. The molecule has 1 heterocycles. The van der Waals surface area contributed by atoms with Crippen LogP contribution >= 0.6 is 0 Å². The molecular weight excluding hydrogens is 198 g/mol. The first-order valence-electron chi connectivity index (χ1n) is 5.80. The molecule has 0 N–H and O–H groups in total. The van der Waals surface area contributed by atoms with Crippen molar-refractivity contribution >= 4 is 11.5 Å². The SMILES string of the molecule is C/C(=C\C(=O)N1CCCC1)c1ccccc1. The van der Waals surface area contributed by atoms with E-state index in [0.29, 0.717) is 0 Å². The molecule has 1 aliphatic rings. The Kier molecular flexibility index (Phi) is 3.40. The molecule has 0 saturated carbocycles. The van der Waals surface area contributed by atoms with E-state index in [-0.39, 0.29) is 5.91 Å². The van der Waals surface area contributed by atoms with E-state index in [1.165, 1.54) is 0 Å². The topological polar surface area (TPSA) is 20.3 Å². The second kappa shape index (κ2) is 4.97. The van der Waals surface area contributed by atoms with Gasteiger partial charge < -0.3 is 4.90 Å². The van der Waals surface area contributed by atoms with Crippen molar-refractivity contribution in [2.24, 2.45) is 0 Å². The van der Waals surface area contributed by atoms with Crippen LogP contribution in [0.2, 0.25) is 0 Å². The van der Waals surface area contributed by atoms with E-state index in [0.717, 1.165) is 37.1 Å². The predicted molar refractivity (Wildman–Crippen MR) is 65.9 cm³/mol. The number of carbonyl (C=O) groups excluding carboxylic acids is 1. The zero-order valence-corrected chi connectivity index (χ0v) is 9.65. The Morgan fingerprint density at radius 3 is 2.44 bits per heavy atom. The molecule has 16 heavy (non-hydrogen) atoms. The molecule has 0 radical (unpaired) electrons. The van der Waals surface area contributed by atoms with E-state index in [2.05, 4.69) is 0 Å². The minimum absolute atomic E-state index is 0.152. The smallest absolute Gasteiger partial charge is 0.246 e. The summed E-state index contributed by atoms with van der Waals surface area (Å²) in [7, 11) is 0. The third kappa shape index (κ3) is 2.51. The van der Waals surface area contributed by atoms with Gasteiger partial charge in [0.25, 0.3) is 0 Å². The molecule has 0 aliphatic carbocycles. The van der Waals surface area contributed by atoms with E-state index in [1.54, 1.807) is 6.08 Å². The summed E-state index contributed by atoms with van der Waals surface area (Å²) in [6, 6.07) is 10.0. The molecular formula is C14H17NO. The van der Waals surface area contributed by atoms with Crippen molar-refractivity contribution in [1.29, 1.82) is 0 Å². The minimum Gasteiger partial charge on any atom is -0.339 e. The van der Waals surface area contributed by atoms with Gasteiger partial charge in [0.1, 0.15) is 0 Å². The quantitative estimate of drug-likeness (QED) is 0.695. The number of nitrogens with zero attached hydrogens (tertiary/aromatic N) is 1. The second-order valence-corrected chi connectivity index (χ2v) is 4.23. The van der Waals surface area contributed by atoms with E-state index >= 15 is 0 Å². The Balaban J connectivity index is 2.09. The fourth-order valence-corrected chi connectivity index (χ4v) is 2.00. The number of benzene rings is 1. The van der Waals surface area contributed by atoms with Gasteiger partial charge in [-0.25, -0.2) is 0 Å². The summed E-state index contributed by atoms with van der Waals surface area (Å²) in [5.74, 6) is 0.152. The maximum Gasteiger partial charge on any atom is 0.246 e. The highest BCUT2D eigenvalue weighted by Crippen LogP contribution is 2.15. The molecule has 1 aromatic carbocycles. The van der Waals surface area contributed by atoms with Crippen molar-refractivity contribution in [3.05, 3.63) is 42.0 Å². The molecule has 2 rings (SSSR count). The number of likely N-dealkylation sites (tertiary alicyclic amines) is 1. The van der Waals surface area contributed by atoms with Crippen LogP contribution in [-0.4, -0.2) is 23.9 Å². The van der Waals surface area contributed by atoms with Crippen molar-refractivity contribution in [3.8, 4) is 0 Å². The predicted octanol–water partition coefficient (Wildman–Crippen LogP) is 2.71. The van der Waals surface area contributed by atoms with Gasteiger partial charge in [0.15, 0.2) is 0 Å². The van der Waals surface area contributed by atoms with Gasteiger partial charge in [-0.15, -0.1) is 0 Å². The molecule has 1 saturated heterocycles. The highest BCUT2D eigenvalue weighted by atomic mass is 16.2. The molecule has 2 heteroatoms. The van der Waals surface area contributed by atoms with Crippen LogP contribution in [0.1, 0.15) is 25.3 Å². The van der Waals surface area contributed by atoms with Crippen LogP contribution in [0.25, 0.3) is 5.57 Å². The van der Waals surface area contributed by atoms with E-state index in [4.69, 9.17) is 0 Å². The molecule has 1 aliphatic heterocycles. The lowest BCUT2D eigenvalue weighted by Crippen LogP contribution is -2.25. The molecule has 0 unspecified atom stereocenters. The lowest BCUT2D eigenvalue weighted by molar-refractivity contribution is -0.124. The first-order valence-corrected chi connectivity index (χ1v) is 5.80. The first kappa shape index (κ1) is 10.9. The molecule has 1 aromatic rings. The van der Waals surface area contributed by atoms with Crippen molar-refractivity contribution in [2.75, 3.05) is 13.1 Å². The van der Waals surface area contributed by atoms with Gasteiger partial charge in [-0.05, 0) is 30.9 Å². The molecule has 0 spiro atoms. The summed E-state index contributed by atoms with van der Waals surface area (Å²) in [5.41, 5.74) is 2.16. The molecule has 84 valence electrons. The fraction of sp³-hybridized carbons (Fsp3) is 0.357. The summed E-state index contributed by atoms with van der Waals surface area (Å²) in [4.78, 5) is 13.8. The number of carbonyl (C=O) groups is 1. The second-order valence-electron chi connectivity index (χ2n) is 4.23. The van der Waals surface area contributed by atoms with Crippen LogP contribution in [0.3, 0.4) is 0 Å². The largest absolute Gasteiger partial charge is 0.339 e. The van der Waals surface area contributed by atoms with E-state index < -0.39 is 0 Å². The Morgan fingerprint density at radius 1 is 1.19 bits per heavy atom. The molecule has 0 aromatic heterocycles. The lowest BCUT2D eigenvalue weighted by Gasteiger charge is -2.13. The lowest BCUT2D eigenvalue weighted by atomic mass is 10.1. The van der Waals surface area contributed by atoms with Gasteiger partial charge in [0.2, 0.25) is 5.91 Å². The number of allylic oxidation sites excluding steroid dienone is 1. The number of rotatable bonds is 2. The normalized spacial score (nSPS) is 16.6. The standard InChI is InChI=1S/C14H17NO/c1-12(13-7-3-2-4-8-13)11-14(16)15-9-5-6-10-15/h2-4,7-8,11H,5-6,9-10H2,1H3/b12-11+. The van der Waals surface area contributed by atoms with Gasteiger partial charge in [0, 0.05) is 19.2 Å². The Morgan fingerprint density at radius 2 is 1.81 bits per heavy atom. The number of hydrogen-bond donors (Lipinski definition) is 0. The molecule has 2 nitrogen and oxygen atoms in total. The van der Waals surface area contributed by atoms with E-state index in [9.17, 15) is 4.79 Å². The van der Waals surface area contributed by atoms with Crippen molar-refractivity contribution in [1.82, 2.24) is 4.90 Å². The average Bonchev–Trinajstić information content (AvgIpc) is 2.83. The van der Waals surface area contributed by atoms with Gasteiger partial charge in [-0.3, -0.25) is 4.79 Å². The first-order chi connectivity index (χ1) is 7.77. The van der Waals surface area contributed by atoms with Gasteiger partial charge in [0.05, 0.1) is 0 Å². The monoisotopic (exact) mass is 215 g/mol. The molecule has 0 bridgehead atoms. The Labute approximate surface area is 96.6 Å². The van der Waals surface area contributed by atoms with Crippen LogP contribution in [-0.2, 0) is 4.79 Å². The van der Waals surface area contributed by atoms with Crippen LogP contribution in [0.5, 0.6) is 0 Å². The number of amides is 1. The molecule has 1 fully saturated rings. The summed E-state index contributed by atoms with van der Waals surface area (Å²) in [5, 5.41) is 0. The zero-order valence-electron chi connectivity index (χ0n) is 9.65. The summed E-state index contributed by atoms with van der Waals surface area (Å²) in [6.45, 7) is 3.82. The van der Waals surface area contributed by atoms with Gasteiger partial charge in [-0.1, -0.05) is 30.3 Å². The van der Waals surface area contributed by atoms with Crippen LogP contribution < -0.4 is 0 Å². The fourth-order valence-electron chi connectivity index (χ4n) is 2.00. The molecule has 0 atom stereocenters. The Bertz CT molecular complexity index is 388.